The molecule has 0 aliphatic carbocycles. The summed E-state index contributed by atoms with van der Waals surface area (Å²) in [6.07, 6.45) is 0. The van der Waals surface area contributed by atoms with Crippen LogP contribution in [0.2, 0.25) is 0 Å². The SMILES string of the molecule is Cc1c(C(=O)O)nc(-c2ccccc2)c2ccccc12. The molecular weight excluding hydrogens is 250 g/mol. The molecule has 2 aromatic carbocycles. The van der Waals surface area contributed by atoms with Gasteiger partial charge in [-0.15, -0.1) is 0 Å². The summed E-state index contributed by atoms with van der Waals surface area (Å²) >= 11 is 0. The Morgan fingerprint density at radius 1 is 0.950 bits per heavy atom. The Morgan fingerprint density at radius 2 is 1.55 bits per heavy atom. The first-order valence-corrected chi connectivity index (χ1v) is 6.36. The minimum Gasteiger partial charge on any atom is -0.477 e. The minimum absolute atomic E-state index is 0.113. The highest BCUT2D eigenvalue weighted by Gasteiger charge is 2.16. The van der Waals surface area contributed by atoms with E-state index >= 15 is 0 Å². The molecule has 1 aromatic heterocycles. The van der Waals surface area contributed by atoms with Crippen LogP contribution in [0.15, 0.2) is 54.6 Å². The number of fused-ring (bicyclic) bond motifs is 1. The molecule has 3 nitrogen and oxygen atoms in total. The molecule has 0 saturated heterocycles. The molecule has 98 valence electrons. The lowest BCUT2D eigenvalue weighted by molar-refractivity contribution is 0.0690. The number of nitrogens with zero attached hydrogens (tertiary/aromatic N) is 1. The fourth-order valence-corrected chi connectivity index (χ4v) is 2.42. The molecule has 1 N–H and O–H groups in total. The van der Waals surface area contributed by atoms with Crippen molar-refractivity contribution < 1.29 is 9.90 Å². The topological polar surface area (TPSA) is 50.2 Å². The van der Waals surface area contributed by atoms with Gasteiger partial charge in [0.25, 0.3) is 0 Å². The third-order valence-corrected chi connectivity index (χ3v) is 3.41. The third-order valence-electron chi connectivity index (χ3n) is 3.41. The summed E-state index contributed by atoms with van der Waals surface area (Å²) < 4.78 is 0. The number of aromatic carboxylic acids is 1. The van der Waals surface area contributed by atoms with Crippen molar-refractivity contribution in [1.82, 2.24) is 4.98 Å². The molecule has 3 rings (SSSR count). The van der Waals surface area contributed by atoms with Gasteiger partial charge in [0.05, 0.1) is 5.69 Å². The van der Waals surface area contributed by atoms with Crippen LogP contribution in [0.5, 0.6) is 0 Å². The Hall–Kier alpha value is -2.68. The monoisotopic (exact) mass is 263 g/mol. The van der Waals surface area contributed by atoms with Crippen LogP contribution in [0.1, 0.15) is 16.1 Å². The van der Waals surface area contributed by atoms with Crippen molar-refractivity contribution in [3.63, 3.8) is 0 Å². The lowest BCUT2D eigenvalue weighted by Gasteiger charge is -2.11. The fourth-order valence-electron chi connectivity index (χ4n) is 2.42. The molecule has 0 saturated carbocycles. The summed E-state index contributed by atoms with van der Waals surface area (Å²) in [5.74, 6) is -0.995. The van der Waals surface area contributed by atoms with E-state index in [4.69, 9.17) is 0 Å². The van der Waals surface area contributed by atoms with E-state index in [1.165, 1.54) is 0 Å². The highest BCUT2D eigenvalue weighted by Crippen LogP contribution is 2.30. The Bertz CT molecular complexity index is 795. The van der Waals surface area contributed by atoms with Crippen LogP contribution in [0, 0.1) is 6.92 Å². The van der Waals surface area contributed by atoms with Gasteiger partial charge in [-0.3, -0.25) is 0 Å². The smallest absolute Gasteiger partial charge is 0.354 e. The molecule has 0 bridgehead atoms. The van der Waals surface area contributed by atoms with Crippen LogP contribution in [0.4, 0.5) is 0 Å². The average molecular weight is 263 g/mol. The van der Waals surface area contributed by atoms with Crippen molar-refractivity contribution >= 4 is 16.7 Å². The summed E-state index contributed by atoms with van der Waals surface area (Å²) in [4.78, 5) is 15.8. The Balaban J connectivity index is 2.42. The van der Waals surface area contributed by atoms with Crippen molar-refractivity contribution in [1.29, 1.82) is 0 Å². The maximum atomic E-state index is 11.4. The molecule has 0 atom stereocenters. The van der Waals surface area contributed by atoms with E-state index in [2.05, 4.69) is 4.98 Å². The van der Waals surface area contributed by atoms with E-state index in [1.54, 1.807) is 6.92 Å². The van der Waals surface area contributed by atoms with Crippen molar-refractivity contribution in [2.75, 3.05) is 0 Å². The molecule has 0 spiro atoms. The van der Waals surface area contributed by atoms with Crippen molar-refractivity contribution in [3.8, 4) is 11.3 Å². The summed E-state index contributed by atoms with van der Waals surface area (Å²) in [6.45, 7) is 1.80. The van der Waals surface area contributed by atoms with Crippen LogP contribution < -0.4 is 0 Å². The number of carboxylic acid groups (broad SMARTS) is 1. The molecule has 20 heavy (non-hydrogen) atoms. The number of hydrogen-bond acceptors (Lipinski definition) is 2. The van der Waals surface area contributed by atoms with E-state index in [1.807, 2.05) is 54.6 Å². The second-order valence-corrected chi connectivity index (χ2v) is 4.65. The summed E-state index contributed by atoms with van der Waals surface area (Å²) in [7, 11) is 0. The fraction of sp³-hybridized carbons (Fsp3) is 0.0588. The molecule has 0 radical (unpaired) electrons. The first-order chi connectivity index (χ1) is 9.68. The summed E-state index contributed by atoms with van der Waals surface area (Å²) in [5.41, 5.74) is 2.45. The zero-order valence-corrected chi connectivity index (χ0v) is 11.0. The number of aryl methyl sites for hydroxylation is 1. The Kier molecular flexibility index (Phi) is 2.95. The number of hydrogen-bond donors (Lipinski definition) is 1. The molecule has 0 amide bonds. The van der Waals surface area contributed by atoms with Gasteiger partial charge in [0.1, 0.15) is 0 Å². The molecule has 3 heteroatoms. The van der Waals surface area contributed by atoms with Gasteiger partial charge in [0, 0.05) is 10.9 Å². The Labute approximate surface area is 116 Å². The van der Waals surface area contributed by atoms with Crippen molar-refractivity contribution in [3.05, 3.63) is 65.9 Å². The van der Waals surface area contributed by atoms with Crippen molar-refractivity contribution in [2.45, 2.75) is 6.92 Å². The van der Waals surface area contributed by atoms with Crippen molar-refractivity contribution in [2.24, 2.45) is 0 Å². The molecule has 0 aliphatic heterocycles. The number of aromatic nitrogens is 1. The average Bonchev–Trinajstić information content (AvgIpc) is 2.48. The molecule has 3 aromatic rings. The van der Waals surface area contributed by atoms with E-state index in [0.717, 1.165) is 16.3 Å². The predicted molar refractivity (Wildman–Crippen MR) is 78.9 cm³/mol. The molecule has 0 aliphatic rings. The number of benzene rings is 2. The van der Waals surface area contributed by atoms with Crippen LogP contribution in [0.3, 0.4) is 0 Å². The lowest BCUT2D eigenvalue weighted by atomic mass is 9.99. The van der Waals surface area contributed by atoms with Crippen LogP contribution in [-0.2, 0) is 0 Å². The van der Waals surface area contributed by atoms with Crippen LogP contribution in [0.25, 0.3) is 22.0 Å². The third kappa shape index (κ3) is 1.93. The normalized spacial score (nSPS) is 10.7. The van der Waals surface area contributed by atoms with Crippen LogP contribution in [-0.4, -0.2) is 16.1 Å². The first-order valence-electron chi connectivity index (χ1n) is 6.36. The molecule has 0 fully saturated rings. The van der Waals surface area contributed by atoms with E-state index < -0.39 is 5.97 Å². The van der Waals surface area contributed by atoms with E-state index in [-0.39, 0.29) is 5.69 Å². The largest absolute Gasteiger partial charge is 0.477 e. The van der Waals surface area contributed by atoms with Gasteiger partial charge < -0.3 is 5.11 Å². The number of rotatable bonds is 2. The minimum atomic E-state index is -0.995. The van der Waals surface area contributed by atoms with Gasteiger partial charge in [-0.05, 0) is 17.9 Å². The summed E-state index contributed by atoms with van der Waals surface area (Å²) in [6, 6.07) is 17.4. The van der Waals surface area contributed by atoms with Gasteiger partial charge in [-0.2, -0.15) is 0 Å². The highest BCUT2D eigenvalue weighted by atomic mass is 16.4. The number of carboxylic acids is 1. The quantitative estimate of drug-likeness (QED) is 0.762. The molecular formula is C17H13NO2. The molecule has 1 heterocycles. The van der Waals surface area contributed by atoms with Gasteiger partial charge in [0.2, 0.25) is 0 Å². The predicted octanol–water partition coefficient (Wildman–Crippen LogP) is 3.91. The van der Waals surface area contributed by atoms with E-state index in [9.17, 15) is 9.90 Å². The summed E-state index contributed by atoms with van der Waals surface area (Å²) in [5, 5.41) is 11.2. The first kappa shape index (κ1) is 12.4. The van der Waals surface area contributed by atoms with Gasteiger partial charge >= 0.3 is 5.97 Å². The standard InChI is InChI=1S/C17H13NO2/c1-11-13-9-5-6-10-14(13)16(18-15(11)17(19)20)12-7-3-2-4-8-12/h2-10H,1H3,(H,19,20). The number of carbonyl (C=O) groups is 1. The van der Waals surface area contributed by atoms with Gasteiger partial charge in [0.15, 0.2) is 5.69 Å². The zero-order valence-electron chi connectivity index (χ0n) is 11.0. The zero-order chi connectivity index (χ0) is 14.1. The van der Waals surface area contributed by atoms with Gasteiger partial charge in [-0.1, -0.05) is 54.6 Å². The van der Waals surface area contributed by atoms with Gasteiger partial charge in [-0.25, -0.2) is 9.78 Å². The number of pyridine rings is 1. The van der Waals surface area contributed by atoms with E-state index in [0.29, 0.717) is 11.3 Å². The Morgan fingerprint density at radius 3 is 2.20 bits per heavy atom. The second kappa shape index (κ2) is 4.78. The second-order valence-electron chi connectivity index (χ2n) is 4.65. The lowest BCUT2D eigenvalue weighted by Crippen LogP contribution is -2.05. The maximum Gasteiger partial charge on any atom is 0.354 e. The molecule has 0 unspecified atom stereocenters. The highest BCUT2D eigenvalue weighted by molar-refractivity contribution is 6.02. The van der Waals surface area contributed by atoms with Crippen LogP contribution >= 0.6 is 0 Å². The maximum absolute atomic E-state index is 11.4.